The molecule has 0 N–H and O–H groups in total. The summed E-state index contributed by atoms with van der Waals surface area (Å²) in [4.78, 5) is 11.1. The third-order valence-corrected chi connectivity index (χ3v) is 3.18. The predicted molar refractivity (Wildman–Crippen MR) is 81.3 cm³/mol. The summed E-state index contributed by atoms with van der Waals surface area (Å²) in [7, 11) is 0. The van der Waals surface area contributed by atoms with Gasteiger partial charge in [0.1, 0.15) is 0 Å². The van der Waals surface area contributed by atoms with E-state index in [2.05, 4.69) is 18.8 Å². The summed E-state index contributed by atoms with van der Waals surface area (Å²) < 4.78 is 0. The van der Waals surface area contributed by atoms with Crippen LogP contribution < -0.4 is 0 Å². The third kappa shape index (κ3) is 6.82. The van der Waals surface area contributed by atoms with Crippen LogP contribution in [0.1, 0.15) is 74.7 Å². The average Bonchev–Trinajstić information content (AvgIpc) is 2.42. The van der Waals surface area contributed by atoms with Gasteiger partial charge >= 0.3 is 0 Å². The minimum atomic E-state index is 0.103. The Balaban J connectivity index is 2.24. The maximum atomic E-state index is 11.1. The molecule has 0 aliphatic rings. The zero-order valence-electron chi connectivity index (χ0n) is 12.2. The van der Waals surface area contributed by atoms with Gasteiger partial charge in [-0.3, -0.25) is 4.79 Å². The molecule has 0 fully saturated rings. The van der Waals surface area contributed by atoms with Crippen molar-refractivity contribution in [3.8, 4) is 11.8 Å². The summed E-state index contributed by atoms with van der Waals surface area (Å²) >= 11 is 0. The second kappa shape index (κ2) is 9.39. The van der Waals surface area contributed by atoms with E-state index in [4.69, 9.17) is 0 Å². The summed E-state index contributed by atoms with van der Waals surface area (Å²) in [5, 5.41) is 0. The normalized spacial score (nSPS) is 9.79. The van der Waals surface area contributed by atoms with Crippen LogP contribution in [-0.2, 0) is 0 Å². The van der Waals surface area contributed by atoms with E-state index < -0.39 is 0 Å². The molecule has 1 rings (SSSR count). The second-order valence-electron chi connectivity index (χ2n) is 4.95. The Morgan fingerprint density at radius 1 is 1.00 bits per heavy atom. The number of ketones is 1. The Labute approximate surface area is 117 Å². The van der Waals surface area contributed by atoms with Crippen molar-refractivity contribution in [1.29, 1.82) is 0 Å². The molecule has 0 bridgehead atoms. The lowest BCUT2D eigenvalue weighted by Crippen LogP contribution is -1.90. The molecular formula is C18H24O. The quantitative estimate of drug-likeness (QED) is 0.381. The highest BCUT2D eigenvalue weighted by Gasteiger charge is 1.96. The molecule has 0 aliphatic heterocycles. The average molecular weight is 256 g/mol. The standard InChI is InChI=1S/C18H24O/c1-3-4-5-6-7-8-9-10-11-17-12-14-18(15-13-17)16(2)19/h12-15H,3-9H2,1-2H3. The van der Waals surface area contributed by atoms with Crippen molar-refractivity contribution in [1.82, 2.24) is 0 Å². The van der Waals surface area contributed by atoms with Crippen LogP contribution in [0.3, 0.4) is 0 Å². The molecule has 0 saturated heterocycles. The summed E-state index contributed by atoms with van der Waals surface area (Å²) in [6.07, 6.45) is 8.81. The Hall–Kier alpha value is -1.55. The minimum Gasteiger partial charge on any atom is -0.295 e. The monoisotopic (exact) mass is 256 g/mol. The molecule has 0 aliphatic carbocycles. The SMILES string of the molecule is CCCCCCCCC#Cc1ccc(C(C)=O)cc1. The molecular weight excluding hydrogens is 232 g/mol. The zero-order valence-corrected chi connectivity index (χ0v) is 12.2. The maximum absolute atomic E-state index is 11.1. The first-order valence-corrected chi connectivity index (χ1v) is 7.34. The van der Waals surface area contributed by atoms with Gasteiger partial charge in [0.15, 0.2) is 5.78 Å². The van der Waals surface area contributed by atoms with Crippen LogP contribution in [0.15, 0.2) is 24.3 Å². The van der Waals surface area contributed by atoms with E-state index in [1.54, 1.807) is 6.92 Å². The number of carbonyl (C=O) groups is 1. The first-order valence-electron chi connectivity index (χ1n) is 7.34. The van der Waals surface area contributed by atoms with Gasteiger partial charge in [-0.15, -0.1) is 0 Å². The molecule has 0 amide bonds. The molecule has 19 heavy (non-hydrogen) atoms. The Morgan fingerprint density at radius 3 is 2.26 bits per heavy atom. The van der Waals surface area contributed by atoms with Gasteiger partial charge < -0.3 is 0 Å². The fourth-order valence-electron chi connectivity index (χ4n) is 1.95. The number of hydrogen-bond donors (Lipinski definition) is 0. The Kier molecular flexibility index (Phi) is 7.66. The van der Waals surface area contributed by atoms with Gasteiger partial charge in [-0.1, -0.05) is 63.0 Å². The molecule has 0 spiro atoms. The number of benzene rings is 1. The lowest BCUT2D eigenvalue weighted by atomic mass is 10.1. The fourth-order valence-corrected chi connectivity index (χ4v) is 1.95. The molecule has 0 unspecified atom stereocenters. The maximum Gasteiger partial charge on any atom is 0.159 e. The van der Waals surface area contributed by atoms with Crippen molar-refractivity contribution in [2.75, 3.05) is 0 Å². The summed E-state index contributed by atoms with van der Waals surface area (Å²) in [6, 6.07) is 7.53. The molecule has 1 aromatic carbocycles. The van der Waals surface area contributed by atoms with E-state index in [1.807, 2.05) is 24.3 Å². The Bertz CT molecular complexity index is 431. The van der Waals surface area contributed by atoms with Crippen molar-refractivity contribution >= 4 is 5.78 Å². The van der Waals surface area contributed by atoms with E-state index in [-0.39, 0.29) is 5.78 Å². The Morgan fingerprint density at radius 2 is 1.63 bits per heavy atom. The van der Waals surface area contributed by atoms with Crippen molar-refractivity contribution in [2.24, 2.45) is 0 Å². The van der Waals surface area contributed by atoms with Gasteiger partial charge in [0, 0.05) is 17.5 Å². The highest BCUT2D eigenvalue weighted by atomic mass is 16.1. The van der Waals surface area contributed by atoms with Gasteiger partial charge in [-0.05, 0) is 25.5 Å². The number of unbranched alkanes of at least 4 members (excludes halogenated alkanes) is 6. The number of hydrogen-bond acceptors (Lipinski definition) is 1. The molecule has 1 nitrogen and oxygen atoms in total. The molecule has 1 aromatic rings. The largest absolute Gasteiger partial charge is 0.295 e. The second-order valence-corrected chi connectivity index (χ2v) is 4.95. The van der Waals surface area contributed by atoms with Gasteiger partial charge in [0.25, 0.3) is 0 Å². The predicted octanol–water partition coefficient (Wildman–Crippen LogP) is 4.99. The molecule has 0 heterocycles. The number of rotatable bonds is 7. The van der Waals surface area contributed by atoms with E-state index in [1.165, 1.54) is 38.5 Å². The van der Waals surface area contributed by atoms with Gasteiger partial charge in [-0.2, -0.15) is 0 Å². The van der Waals surface area contributed by atoms with Crippen molar-refractivity contribution in [3.63, 3.8) is 0 Å². The van der Waals surface area contributed by atoms with Gasteiger partial charge in [0.2, 0.25) is 0 Å². The highest BCUT2D eigenvalue weighted by molar-refractivity contribution is 5.94. The highest BCUT2D eigenvalue weighted by Crippen LogP contribution is 2.07. The van der Waals surface area contributed by atoms with E-state index in [9.17, 15) is 4.79 Å². The van der Waals surface area contributed by atoms with E-state index in [0.29, 0.717) is 0 Å². The molecule has 0 saturated carbocycles. The van der Waals surface area contributed by atoms with Crippen LogP contribution in [0.5, 0.6) is 0 Å². The smallest absolute Gasteiger partial charge is 0.159 e. The minimum absolute atomic E-state index is 0.103. The van der Waals surface area contributed by atoms with Crippen molar-refractivity contribution in [2.45, 2.75) is 58.8 Å². The number of carbonyl (C=O) groups excluding carboxylic acids is 1. The van der Waals surface area contributed by atoms with Gasteiger partial charge in [0.05, 0.1) is 0 Å². The van der Waals surface area contributed by atoms with Crippen LogP contribution in [0, 0.1) is 11.8 Å². The number of Topliss-reactive ketones (excluding diaryl/α,β-unsaturated/α-hetero) is 1. The van der Waals surface area contributed by atoms with Gasteiger partial charge in [-0.25, -0.2) is 0 Å². The van der Waals surface area contributed by atoms with Crippen molar-refractivity contribution < 1.29 is 4.79 Å². The van der Waals surface area contributed by atoms with Crippen molar-refractivity contribution in [3.05, 3.63) is 35.4 Å². The molecule has 0 aromatic heterocycles. The molecule has 1 heteroatoms. The first-order chi connectivity index (χ1) is 9.24. The lowest BCUT2D eigenvalue weighted by molar-refractivity contribution is 0.101. The van der Waals surface area contributed by atoms with E-state index >= 15 is 0 Å². The fraction of sp³-hybridized carbons (Fsp3) is 0.500. The zero-order chi connectivity index (χ0) is 13.9. The summed E-state index contributed by atoms with van der Waals surface area (Å²) in [6.45, 7) is 3.82. The summed E-state index contributed by atoms with van der Waals surface area (Å²) in [5.41, 5.74) is 1.75. The lowest BCUT2D eigenvalue weighted by Gasteiger charge is -1.97. The van der Waals surface area contributed by atoms with Crippen LogP contribution in [0.25, 0.3) is 0 Å². The van der Waals surface area contributed by atoms with E-state index in [0.717, 1.165) is 17.5 Å². The first kappa shape index (κ1) is 15.5. The molecule has 0 radical (unpaired) electrons. The van der Waals surface area contributed by atoms with Crippen LogP contribution in [0.4, 0.5) is 0 Å². The summed E-state index contributed by atoms with van der Waals surface area (Å²) in [5.74, 6) is 6.46. The van der Waals surface area contributed by atoms with Crippen LogP contribution >= 0.6 is 0 Å². The molecule has 102 valence electrons. The topological polar surface area (TPSA) is 17.1 Å². The molecule has 0 atom stereocenters. The van der Waals surface area contributed by atoms with Crippen LogP contribution in [0.2, 0.25) is 0 Å². The third-order valence-electron chi connectivity index (χ3n) is 3.18. The van der Waals surface area contributed by atoms with Crippen LogP contribution in [-0.4, -0.2) is 5.78 Å².